The van der Waals surface area contributed by atoms with E-state index >= 15 is 0 Å². The molecule has 0 unspecified atom stereocenters. The quantitative estimate of drug-likeness (QED) is 0.661. The number of aromatic nitrogens is 2. The molecule has 2 N–H and O–H groups in total. The first-order chi connectivity index (χ1) is 9.92. The average molecular weight is 311 g/mol. The highest BCUT2D eigenvalue weighted by atomic mass is 32.1. The van der Waals surface area contributed by atoms with E-state index in [1.807, 2.05) is 0 Å². The Morgan fingerprint density at radius 2 is 2.19 bits per heavy atom. The zero-order valence-electron chi connectivity index (χ0n) is 11.0. The van der Waals surface area contributed by atoms with Gasteiger partial charge in [0.2, 0.25) is 5.13 Å². The van der Waals surface area contributed by atoms with Crippen LogP contribution in [0, 0.1) is 22.9 Å². The first kappa shape index (κ1) is 14.8. The van der Waals surface area contributed by atoms with E-state index in [9.17, 15) is 19.3 Å². The van der Waals surface area contributed by atoms with Crippen molar-refractivity contribution in [1.29, 1.82) is 0 Å². The van der Waals surface area contributed by atoms with Gasteiger partial charge < -0.3 is 5.32 Å². The SMILES string of the molecule is CNc1cc(C(=O)Nc2nc(C)ns2)c([N+](=O)[O-])cc1F. The predicted octanol–water partition coefficient (Wildman–Crippen LogP) is 2.19. The Labute approximate surface area is 122 Å². The van der Waals surface area contributed by atoms with E-state index in [-0.39, 0.29) is 16.4 Å². The van der Waals surface area contributed by atoms with E-state index in [2.05, 4.69) is 20.0 Å². The van der Waals surface area contributed by atoms with Gasteiger partial charge in [-0.3, -0.25) is 20.2 Å². The van der Waals surface area contributed by atoms with Crippen LogP contribution in [0.5, 0.6) is 0 Å². The number of carbonyl (C=O) groups is 1. The van der Waals surface area contributed by atoms with Crippen LogP contribution in [0.25, 0.3) is 0 Å². The molecule has 0 aliphatic carbocycles. The number of aryl methyl sites for hydroxylation is 1. The largest absolute Gasteiger partial charge is 0.386 e. The minimum Gasteiger partial charge on any atom is -0.386 e. The summed E-state index contributed by atoms with van der Waals surface area (Å²) in [6.07, 6.45) is 0. The van der Waals surface area contributed by atoms with Crippen molar-refractivity contribution in [3.63, 3.8) is 0 Å². The molecule has 0 atom stereocenters. The molecule has 1 aromatic carbocycles. The van der Waals surface area contributed by atoms with Crippen molar-refractivity contribution < 1.29 is 14.1 Å². The Balaban J connectivity index is 2.40. The number of carbonyl (C=O) groups excluding carboxylic acids is 1. The molecular formula is C11H10FN5O3S. The van der Waals surface area contributed by atoms with Crippen LogP contribution in [0.4, 0.5) is 20.9 Å². The fourth-order valence-corrected chi connectivity index (χ4v) is 2.17. The zero-order chi connectivity index (χ0) is 15.6. The van der Waals surface area contributed by atoms with E-state index in [1.165, 1.54) is 7.05 Å². The lowest BCUT2D eigenvalue weighted by Crippen LogP contribution is -2.15. The topological polar surface area (TPSA) is 110 Å². The van der Waals surface area contributed by atoms with Gasteiger partial charge >= 0.3 is 0 Å². The van der Waals surface area contributed by atoms with Crippen molar-refractivity contribution in [1.82, 2.24) is 9.36 Å². The van der Waals surface area contributed by atoms with Crippen molar-refractivity contribution in [2.45, 2.75) is 6.92 Å². The lowest BCUT2D eigenvalue weighted by molar-refractivity contribution is -0.385. The second kappa shape index (κ2) is 5.79. The van der Waals surface area contributed by atoms with Crippen LogP contribution in [0.2, 0.25) is 0 Å². The van der Waals surface area contributed by atoms with Gasteiger partial charge in [-0.15, -0.1) is 0 Å². The highest BCUT2D eigenvalue weighted by Gasteiger charge is 2.24. The molecule has 0 aliphatic heterocycles. The third-order valence-electron chi connectivity index (χ3n) is 2.54. The van der Waals surface area contributed by atoms with E-state index in [0.717, 1.165) is 17.6 Å². The third-order valence-corrected chi connectivity index (χ3v) is 3.27. The summed E-state index contributed by atoms with van der Waals surface area (Å²) in [5.41, 5.74) is -0.900. The molecule has 2 rings (SSSR count). The lowest BCUT2D eigenvalue weighted by Gasteiger charge is -2.07. The van der Waals surface area contributed by atoms with Gasteiger partial charge in [0.25, 0.3) is 11.6 Å². The van der Waals surface area contributed by atoms with Gasteiger partial charge in [0.05, 0.1) is 16.7 Å². The van der Waals surface area contributed by atoms with Crippen molar-refractivity contribution in [2.24, 2.45) is 0 Å². The van der Waals surface area contributed by atoms with Gasteiger partial charge in [0.15, 0.2) is 5.82 Å². The highest BCUT2D eigenvalue weighted by Crippen LogP contribution is 2.27. The van der Waals surface area contributed by atoms with Crippen molar-refractivity contribution in [2.75, 3.05) is 17.7 Å². The van der Waals surface area contributed by atoms with Crippen LogP contribution >= 0.6 is 11.5 Å². The minimum atomic E-state index is -0.817. The van der Waals surface area contributed by atoms with Gasteiger partial charge in [-0.2, -0.15) is 4.37 Å². The molecule has 110 valence electrons. The molecular weight excluding hydrogens is 301 g/mol. The second-order valence-electron chi connectivity index (χ2n) is 3.96. The highest BCUT2D eigenvalue weighted by molar-refractivity contribution is 7.09. The minimum absolute atomic E-state index is 0.0146. The molecule has 1 heterocycles. The molecule has 0 spiro atoms. The zero-order valence-corrected chi connectivity index (χ0v) is 11.8. The summed E-state index contributed by atoms with van der Waals surface area (Å²) in [4.78, 5) is 26.2. The maximum absolute atomic E-state index is 13.6. The molecule has 10 heteroatoms. The molecule has 21 heavy (non-hydrogen) atoms. The molecule has 1 amide bonds. The van der Waals surface area contributed by atoms with Gasteiger partial charge in [-0.05, 0) is 13.0 Å². The Morgan fingerprint density at radius 1 is 1.48 bits per heavy atom. The molecule has 0 saturated heterocycles. The van der Waals surface area contributed by atoms with Crippen molar-refractivity contribution in [3.05, 3.63) is 39.5 Å². The summed E-state index contributed by atoms with van der Waals surface area (Å²) >= 11 is 0.947. The van der Waals surface area contributed by atoms with Crippen LogP contribution in [0.3, 0.4) is 0 Å². The van der Waals surface area contributed by atoms with Gasteiger partial charge in [0.1, 0.15) is 11.4 Å². The molecule has 0 saturated carbocycles. The van der Waals surface area contributed by atoms with Crippen LogP contribution < -0.4 is 10.6 Å². The first-order valence-corrected chi connectivity index (χ1v) is 6.47. The molecule has 8 nitrogen and oxygen atoms in total. The Kier molecular flexibility index (Phi) is 4.08. The Morgan fingerprint density at radius 3 is 2.71 bits per heavy atom. The number of nitrogens with one attached hydrogen (secondary N) is 2. The number of benzene rings is 1. The second-order valence-corrected chi connectivity index (χ2v) is 4.71. The number of halogens is 1. The number of amides is 1. The van der Waals surface area contributed by atoms with Crippen LogP contribution in [-0.2, 0) is 0 Å². The van der Waals surface area contributed by atoms with E-state index in [0.29, 0.717) is 11.9 Å². The van der Waals surface area contributed by atoms with Gasteiger partial charge in [-0.25, -0.2) is 9.37 Å². The maximum atomic E-state index is 13.6. The van der Waals surface area contributed by atoms with Crippen molar-refractivity contribution >= 4 is 33.9 Å². The maximum Gasteiger partial charge on any atom is 0.285 e. The number of hydrogen-bond donors (Lipinski definition) is 2. The number of nitrogens with zero attached hydrogens (tertiary/aromatic N) is 3. The molecule has 0 radical (unpaired) electrons. The lowest BCUT2D eigenvalue weighted by atomic mass is 10.1. The number of anilines is 2. The number of nitro groups is 1. The Hall–Kier alpha value is -2.62. The van der Waals surface area contributed by atoms with Gasteiger partial charge in [0, 0.05) is 18.6 Å². The van der Waals surface area contributed by atoms with E-state index in [4.69, 9.17) is 0 Å². The van der Waals surface area contributed by atoms with Crippen LogP contribution in [-0.4, -0.2) is 27.2 Å². The molecule has 0 aliphatic rings. The Bertz CT molecular complexity index is 718. The molecule has 0 fully saturated rings. The van der Waals surface area contributed by atoms with Crippen molar-refractivity contribution in [3.8, 4) is 0 Å². The third kappa shape index (κ3) is 3.11. The van der Waals surface area contributed by atoms with Crippen LogP contribution in [0.15, 0.2) is 12.1 Å². The van der Waals surface area contributed by atoms with E-state index < -0.39 is 22.3 Å². The standard InChI is InChI=1S/C11H10FN5O3S/c1-5-14-11(21-16-5)15-10(18)6-3-8(13-2)7(12)4-9(6)17(19)20/h3-4,13H,1-2H3,(H,14,15,16,18). The number of hydrogen-bond acceptors (Lipinski definition) is 7. The molecule has 0 bridgehead atoms. The number of rotatable bonds is 4. The normalized spacial score (nSPS) is 10.2. The summed E-state index contributed by atoms with van der Waals surface area (Å²) in [6.45, 7) is 1.64. The predicted molar refractivity (Wildman–Crippen MR) is 75.2 cm³/mol. The van der Waals surface area contributed by atoms with Gasteiger partial charge in [-0.1, -0.05) is 0 Å². The fourth-order valence-electron chi connectivity index (χ4n) is 1.60. The monoisotopic (exact) mass is 311 g/mol. The summed E-state index contributed by atoms with van der Waals surface area (Å²) in [5.74, 6) is -1.10. The summed E-state index contributed by atoms with van der Waals surface area (Å²) in [6, 6.07) is 1.78. The summed E-state index contributed by atoms with van der Waals surface area (Å²) < 4.78 is 17.4. The number of nitro benzene ring substituents is 1. The summed E-state index contributed by atoms with van der Waals surface area (Å²) in [5, 5.41) is 16.1. The smallest absolute Gasteiger partial charge is 0.285 e. The van der Waals surface area contributed by atoms with Crippen LogP contribution in [0.1, 0.15) is 16.2 Å². The molecule has 2 aromatic rings. The average Bonchev–Trinajstić information content (AvgIpc) is 2.83. The molecule has 1 aromatic heterocycles. The fraction of sp³-hybridized carbons (Fsp3) is 0.182. The first-order valence-electron chi connectivity index (χ1n) is 5.69. The summed E-state index contributed by atoms with van der Waals surface area (Å²) in [7, 11) is 1.44. The van der Waals surface area contributed by atoms with E-state index in [1.54, 1.807) is 6.92 Å².